The van der Waals surface area contributed by atoms with Crippen LogP contribution in [0.2, 0.25) is 0 Å². The lowest BCUT2D eigenvalue weighted by molar-refractivity contribution is -0.385. The smallest absolute Gasteiger partial charge is 0.269 e. The SMILES string of the molecule is O=C(CC(=O)Nc1ccc2c(c1)Cc1cc([N+](=O)[O-])ccc1-2)Nc1ccc2c(c1)Cc1cc([N+](=O)[O-])ccc1-2. The van der Waals surface area contributed by atoms with E-state index in [0.717, 1.165) is 44.5 Å². The van der Waals surface area contributed by atoms with Gasteiger partial charge in [-0.1, -0.05) is 12.1 Å². The Morgan fingerprint density at radius 3 is 1.33 bits per heavy atom. The molecule has 10 heteroatoms. The van der Waals surface area contributed by atoms with Gasteiger partial charge in [0.1, 0.15) is 6.42 Å². The number of carbonyl (C=O) groups excluding carboxylic acids is 2. The van der Waals surface area contributed by atoms with Crippen LogP contribution in [0.5, 0.6) is 0 Å². The molecule has 0 aliphatic heterocycles. The molecule has 6 rings (SSSR count). The minimum absolute atomic E-state index is 0.0398. The molecule has 0 saturated carbocycles. The first kappa shape index (κ1) is 24.0. The van der Waals surface area contributed by atoms with E-state index in [1.807, 2.05) is 24.3 Å². The fourth-order valence-electron chi connectivity index (χ4n) is 5.33. The van der Waals surface area contributed by atoms with Crippen LogP contribution in [0.1, 0.15) is 28.7 Å². The minimum Gasteiger partial charge on any atom is -0.326 e. The number of nitrogens with zero attached hydrogens (tertiary/aromatic N) is 2. The fraction of sp³-hybridized carbons (Fsp3) is 0.103. The van der Waals surface area contributed by atoms with Crippen molar-refractivity contribution in [2.45, 2.75) is 19.3 Å². The Labute approximate surface area is 221 Å². The lowest BCUT2D eigenvalue weighted by Crippen LogP contribution is -2.21. The van der Waals surface area contributed by atoms with Crippen LogP contribution in [0, 0.1) is 20.2 Å². The quantitative estimate of drug-likeness (QED) is 0.166. The third-order valence-electron chi connectivity index (χ3n) is 7.04. The van der Waals surface area contributed by atoms with Crippen molar-refractivity contribution < 1.29 is 19.4 Å². The molecule has 0 fully saturated rings. The Morgan fingerprint density at radius 1 is 0.590 bits per heavy atom. The summed E-state index contributed by atoms with van der Waals surface area (Å²) in [5, 5.41) is 27.7. The Hall–Kier alpha value is -5.38. The van der Waals surface area contributed by atoms with Gasteiger partial charge in [-0.2, -0.15) is 0 Å². The normalized spacial score (nSPS) is 12.1. The van der Waals surface area contributed by atoms with Crippen molar-refractivity contribution in [2.75, 3.05) is 10.6 Å². The van der Waals surface area contributed by atoms with E-state index in [1.165, 1.54) is 12.1 Å². The Morgan fingerprint density at radius 2 is 0.949 bits per heavy atom. The number of fused-ring (bicyclic) bond motifs is 6. The number of carbonyl (C=O) groups is 2. The number of nitrogens with one attached hydrogen (secondary N) is 2. The lowest BCUT2D eigenvalue weighted by Gasteiger charge is -2.09. The van der Waals surface area contributed by atoms with Crippen LogP contribution in [0.25, 0.3) is 22.3 Å². The number of nitro groups is 2. The molecule has 0 unspecified atom stereocenters. The van der Waals surface area contributed by atoms with Crippen LogP contribution in [0.15, 0.2) is 72.8 Å². The molecule has 0 radical (unpaired) electrons. The molecule has 4 aromatic carbocycles. The maximum Gasteiger partial charge on any atom is 0.269 e. The highest BCUT2D eigenvalue weighted by Crippen LogP contribution is 2.40. The van der Waals surface area contributed by atoms with Gasteiger partial charge in [-0.3, -0.25) is 29.8 Å². The Kier molecular flexibility index (Phi) is 5.64. The van der Waals surface area contributed by atoms with Crippen molar-refractivity contribution in [1.82, 2.24) is 0 Å². The summed E-state index contributed by atoms with van der Waals surface area (Å²) in [4.78, 5) is 46.5. The van der Waals surface area contributed by atoms with Gasteiger partial charge in [-0.25, -0.2) is 0 Å². The molecule has 10 nitrogen and oxygen atoms in total. The van der Waals surface area contributed by atoms with Gasteiger partial charge in [-0.05, 0) is 93.7 Å². The largest absolute Gasteiger partial charge is 0.326 e. The average molecular weight is 521 g/mol. The third kappa shape index (κ3) is 4.48. The second-order valence-electron chi connectivity index (χ2n) is 9.57. The molecule has 0 bridgehead atoms. The standard InChI is InChI=1S/C29H20N4O6/c34-28(30-20-1-5-24-16(11-20)9-18-13-22(32(36)37)3-7-26(18)24)15-29(35)31-21-2-6-25-17(12-21)10-19-14-23(33(38)39)4-8-27(19)25/h1-8,11-14H,9-10,15H2,(H,30,34)(H,31,35). The van der Waals surface area contributed by atoms with E-state index in [9.17, 15) is 29.8 Å². The molecular formula is C29H20N4O6. The highest BCUT2D eigenvalue weighted by atomic mass is 16.6. The monoisotopic (exact) mass is 520 g/mol. The van der Waals surface area contributed by atoms with Crippen molar-refractivity contribution in [3.8, 4) is 22.3 Å². The van der Waals surface area contributed by atoms with Crippen LogP contribution in [-0.4, -0.2) is 21.7 Å². The fourth-order valence-corrected chi connectivity index (χ4v) is 5.33. The zero-order valence-corrected chi connectivity index (χ0v) is 20.4. The van der Waals surface area contributed by atoms with Crippen LogP contribution in [0.4, 0.5) is 22.7 Å². The summed E-state index contributed by atoms with van der Waals surface area (Å²) in [6.07, 6.45) is 0.658. The Balaban J connectivity index is 1.08. The van der Waals surface area contributed by atoms with Gasteiger partial charge in [-0.15, -0.1) is 0 Å². The third-order valence-corrected chi connectivity index (χ3v) is 7.04. The van der Waals surface area contributed by atoms with E-state index in [4.69, 9.17) is 0 Å². The molecule has 0 atom stereocenters. The summed E-state index contributed by atoms with van der Waals surface area (Å²) in [6, 6.07) is 20.4. The maximum absolute atomic E-state index is 12.6. The number of nitro benzene ring substituents is 2. The van der Waals surface area contributed by atoms with E-state index >= 15 is 0 Å². The summed E-state index contributed by atoms with van der Waals surface area (Å²) >= 11 is 0. The number of hydrogen-bond acceptors (Lipinski definition) is 6. The molecule has 192 valence electrons. The van der Waals surface area contributed by atoms with Crippen molar-refractivity contribution in [3.05, 3.63) is 115 Å². The first-order chi connectivity index (χ1) is 18.7. The van der Waals surface area contributed by atoms with Crippen molar-refractivity contribution in [1.29, 1.82) is 0 Å². The predicted molar refractivity (Wildman–Crippen MR) is 145 cm³/mol. The number of anilines is 2. The molecule has 2 N–H and O–H groups in total. The summed E-state index contributed by atoms with van der Waals surface area (Å²) < 4.78 is 0. The maximum atomic E-state index is 12.6. The lowest BCUT2D eigenvalue weighted by atomic mass is 10.0. The van der Waals surface area contributed by atoms with E-state index in [-0.39, 0.29) is 17.8 Å². The minimum atomic E-state index is -0.473. The first-order valence-electron chi connectivity index (χ1n) is 12.2. The first-order valence-corrected chi connectivity index (χ1v) is 12.2. The van der Waals surface area contributed by atoms with Crippen molar-refractivity contribution in [2.24, 2.45) is 0 Å². The van der Waals surface area contributed by atoms with Crippen molar-refractivity contribution >= 4 is 34.6 Å². The van der Waals surface area contributed by atoms with Gasteiger partial charge < -0.3 is 10.6 Å². The highest BCUT2D eigenvalue weighted by Gasteiger charge is 2.23. The van der Waals surface area contributed by atoms with Crippen LogP contribution in [0.3, 0.4) is 0 Å². The predicted octanol–water partition coefficient (Wildman–Crippen LogP) is 5.61. The molecule has 2 aliphatic rings. The van der Waals surface area contributed by atoms with Gasteiger partial charge >= 0.3 is 0 Å². The number of amides is 2. The highest BCUT2D eigenvalue weighted by molar-refractivity contribution is 6.08. The van der Waals surface area contributed by atoms with Gasteiger partial charge in [0.05, 0.1) is 9.85 Å². The number of non-ortho nitro benzene ring substituents is 2. The molecule has 0 heterocycles. The summed E-state index contributed by atoms with van der Waals surface area (Å²) in [7, 11) is 0. The zero-order chi connectivity index (χ0) is 27.3. The van der Waals surface area contributed by atoms with Gasteiger partial charge in [0.25, 0.3) is 11.4 Å². The van der Waals surface area contributed by atoms with Crippen molar-refractivity contribution in [3.63, 3.8) is 0 Å². The summed E-state index contributed by atoms with van der Waals surface area (Å²) in [5.41, 5.74) is 8.55. The molecule has 0 aromatic heterocycles. The summed E-state index contributed by atoms with van der Waals surface area (Å²) in [6.45, 7) is 0. The molecule has 4 aromatic rings. The molecule has 39 heavy (non-hydrogen) atoms. The molecular weight excluding hydrogens is 500 g/mol. The topological polar surface area (TPSA) is 144 Å². The molecule has 0 saturated heterocycles. The summed E-state index contributed by atoms with van der Waals surface area (Å²) in [5.74, 6) is -0.945. The van der Waals surface area contributed by atoms with E-state index < -0.39 is 21.7 Å². The molecule has 2 aliphatic carbocycles. The van der Waals surface area contributed by atoms with E-state index in [0.29, 0.717) is 24.2 Å². The van der Waals surface area contributed by atoms with Gasteiger partial charge in [0.2, 0.25) is 11.8 Å². The molecule has 0 spiro atoms. The van der Waals surface area contributed by atoms with E-state index in [1.54, 1.807) is 36.4 Å². The van der Waals surface area contributed by atoms with Gasteiger partial charge in [0.15, 0.2) is 0 Å². The van der Waals surface area contributed by atoms with Crippen LogP contribution >= 0.6 is 0 Å². The number of rotatable bonds is 6. The average Bonchev–Trinajstić information content (AvgIpc) is 3.44. The Bertz CT molecular complexity index is 1620. The second-order valence-corrected chi connectivity index (χ2v) is 9.57. The van der Waals surface area contributed by atoms with Crippen LogP contribution < -0.4 is 10.6 Å². The number of benzene rings is 4. The van der Waals surface area contributed by atoms with Gasteiger partial charge in [0, 0.05) is 35.6 Å². The number of hydrogen-bond donors (Lipinski definition) is 2. The zero-order valence-electron chi connectivity index (χ0n) is 20.4. The second kappa shape index (κ2) is 9.18. The van der Waals surface area contributed by atoms with Crippen LogP contribution in [-0.2, 0) is 22.4 Å². The van der Waals surface area contributed by atoms with E-state index in [2.05, 4.69) is 10.6 Å². The molecule has 2 amide bonds.